The number of nitrogens with one attached hydrogen (secondary N) is 2. The number of unbranched alkanes of at least 4 members (excludes halogenated alkanes) is 5. The molecule has 0 unspecified atom stereocenters. The number of carbonyl (C=O) groups is 1. The van der Waals surface area contributed by atoms with Crippen LogP contribution in [0.1, 0.15) is 52.4 Å². The molecule has 8 heteroatoms. The van der Waals surface area contributed by atoms with E-state index in [1.165, 1.54) is 48.8 Å². The van der Waals surface area contributed by atoms with Gasteiger partial charge in [0.25, 0.3) is 0 Å². The summed E-state index contributed by atoms with van der Waals surface area (Å²) in [4.78, 5) is 10.9. The number of nitrogens with two attached hydrogens (primary N) is 1. The summed E-state index contributed by atoms with van der Waals surface area (Å²) in [6.45, 7) is 4.51. The molecule has 0 heterocycles. The highest BCUT2D eigenvalue weighted by molar-refractivity contribution is 7.83. The second-order valence-corrected chi connectivity index (χ2v) is 4.63. The van der Waals surface area contributed by atoms with E-state index in [-0.39, 0.29) is 0 Å². The van der Waals surface area contributed by atoms with Gasteiger partial charge in [-0.1, -0.05) is 52.4 Å². The Labute approximate surface area is 103 Å². The number of hydrazine groups is 1. The second-order valence-electron chi connectivity index (χ2n) is 3.48. The first-order valence-electron chi connectivity index (χ1n) is 5.63. The van der Waals surface area contributed by atoms with Crippen LogP contribution in [0.15, 0.2) is 0 Å². The number of hydrogen-bond acceptors (Lipinski definition) is 3. The minimum Gasteiger partial charge on any atom is -0.351 e. The molecule has 0 aliphatic rings. The van der Waals surface area contributed by atoms with Gasteiger partial charge in [0.1, 0.15) is 0 Å². The fourth-order valence-electron chi connectivity index (χ4n) is 0.968. The van der Waals surface area contributed by atoms with Gasteiger partial charge in [0.2, 0.25) is 0 Å². The van der Waals surface area contributed by atoms with E-state index in [9.17, 15) is 13.2 Å². The molecular weight excluding hydrogens is 246 g/mol. The van der Waals surface area contributed by atoms with E-state index in [0.29, 0.717) is 0 Å². The number of amides is 2. The summed E-state index contributed by atoms with van der Waals surface area (Å²) in [6.07, 6.45) is 8.49. The molecule has 0 saturated heterocycles. The van der Waals surface area contributed by atoms with Crippen LogP contribution < -0.4 is 16.0 Å². The third-order valence-corrected chi connectivity index (χ3v) is 2.12. The monoisotopic (exact) mass is 269 g/mol. The lowest BCUT2D eigenvalue weighted by Gasteiger charge is -1.97. The summed E-state index contributed by atoms with van der Waals surface area (Å²) < 4.78 is 27.3. The molecule has 7 nitrogen and oxygen atoms in total. The van der Waals surface area contributed by atoms with Gasteiger partial charge >= 0.3 is 16.3 Å². The van der Waals surface area contributed by atoms with E-state index in [1.54, 1.807) is 0 Å². The first-order valence-corrected chi connectivity index (χ1v) is 7.07. The lowest BCUT2D eigenvalue weighted by Crippen LogP contribution is -2.44. The van der Waals surface area contributed by atoms with E-state index in [2.05, 4.69) is 19.6 Å². The van der Waals surface area contributed by atoms with Crippen LogP contribution in [0.5, 0.6) is 0 Å². The van der Waals surface area contributed by atoms with Gasteiger partial charge in [-0.15, -0.1) is 4.83 Å². The van der Waals surface area contributed by atoms with Gasteiger partial charge in [0, 0.05) is 0 Å². The van der Waals surface area contributed by atoms with Gasteiger partial charge in [-0.3, -0.25) is 9.98 Å². The fourth-order valence-corrected chi connectivity index (χ4v) is 1.20. The van der Waals surface area contributed by atoms with E-state index >= 15 is 0 Å². The van der Waals surface area contributed by atoms with Crippen LogP contribution in [0.3, 0.4) is 0 Å². The van der Waals surface area contributed by atoms with Crippen LogP contribution in [-0.4, -0.2) is 19.0 Å². The van der Waals surface area contributed by atoms with Crippen molar-refractivity contribution < 1.29 is 17.8 Å². The Bertz CT molecular complexity index is 274. The maximum absolute atomic E-state index is 9.72. The maximum Gasteiger partial charge on any atom is 0.350 e. The van der Waals surface area contributed by atoms with Gasteiger partial charge in [0.05, 0.1) is 0 Å². The summed E-state index contributed by atoms with van der Waals surface area (Å²) in [5, 5.41) is 0. The predicted octanol–water partition coefficient (Wildman–Crippen LogP) is 1.33. The topological polar surface area (TPSA) is 122 Å². The third-order valence-electron chi connectivity index (χ3n) is 1.76. The zero-order chi connectivity index (χ0) is 13.7. The molecule has 0 bridgehead atoms. The molecule has 0 fully saturated rings. The minimum absolute atomic E-state index is 1.10. The highest BCUT2D eigenvalue weighted by atomic mass is 32.2. The normalized spacial score (nSPS) is 10.3. The predicted molar refractivity (Wildman–Crippen MR) is 66.5 cm³/mol. The Morgan fingerprint density at radius 2 is 1.53 bits per heavy atom. The first kappa shape index (κ1) is 18.5. The maximum atomic E-state index is 9.72. The van der Waals surface area contributed by atoms with Crippen molar-refractivity contribution in [3.05, 3.63) is 0 Å². The van der Waals surface area contributed by atoms with Gasteiger partial charge in [0.15, 0.2) is 0 Å². The van der Waals surface area contributed by atoms with Crippen molar-refractivity contribution in [2.75, 3.05) is 0 Å². The summed E-state index contributed by atoms with van der Waals surface area (Å²) in [7, 11) is -4.38. The molecule has 0 radical (unpaired) electrons. The molecule has 0 aromatic heterocycles. The van der Waals surface area contributed by atoms with Gasteiger partial charge < -0.3 is 5.73 Å². The number of carbonyl (C=O) groups excluding carboxylic acids is 1. The average Bonchev–Trinajstić information content (AvgIpc) is 2.22. The molecule has 2 amide bonds. The Hall–Kier alpha value is -0.860. The van der Waals surface area contributed by atoms with Crippen LogP contribution in [0.25, 0.3) is 0 Å². The smallest absolute Gasteiger partial charge is 0.350 e. The molecule has 0 saturated carbocycles. The number of urea groups is 1. The molecule has 5 N–H and O–H groups in total. The molecule has 0 rings (SSSR count). The number of hydrogen-bond donors (Lipinski definition) is 4. The summed E-state index contributed by atoms with van der Waals surface area (Å²) in [5.41, 5.74) is 5.85. The Morgan fingerprint density at radius 1 is 1.12 bits per heavy atom. The van der Waals surface area contributed by atoms with Crippen molar-refractivity contribution in [2.45, 2.75) is 52.4 Å². The van der Waals surface area contributed by atoms with Crippen molar-refractivity contribution in [3.63, 3.8) is 0 Å². The molecule has 0 aliphatic carbocycles. The van der Waals surface area contributed by atoms with E-state index in [4.69, 9.17) is 4.55 Å². The van der Waals surface area contributed by atoms with Crippen LogP contribution in [-0.2, 0) is 10.3 Å². The quantitative estimate of drug-likeness (QED) is 0.316. The lowest BCUT2D eigenvalue weighted by molar-refractivity contribution is 0.247. The number of rotatable bonds is 7. The van der Waals surface area contributed by atoms with Gasteiger partial charge in [-0.05, 0) is 0 Å². The fraction of sp³-hybridized carbons (Fsp3) is 0.889. The Kier molecular flexibility index (Phi) is 12.6. The standard InChI is InChI=1S/C8H18.CH5N3O4S/c1-3-5-7-8-6-4-2;2-1(5)3-4-9(6,7)8/h3-8H2,1-2H3;4H,(H3,2,3,5)(H,6,7,8). The zero-order valence-electron chi connectivity index (χ0n) is 10.4. The van der Waals surface area contributed by atoms with Crippen LogP contribution in [0.2, 0.25) is 0 Å². The van der Waals surface area contributed by atoms with Crippen LogP contribution in [0.4, 0.5) is 4.79 Å². The largest absolute Gasteiger partial charge is 0.351 e. The van der Waals surface area contributed by atoms with E-state index in [0.717, 1.165) is 0 Å². The molecule has 17 heavy (non-hydrogen) atoms. The first-order chi connectivity index (χ1) is 7.83. The van der Waals surface area contributed by atoms with Crippen LogP contribution in [0, 0.1) is 0 Å². The molecule has 0 aliphatic heterocycles. The molecular formula is C9H23N3O4S. The summed E-state index contributed by atoms with van der Waals surface area (Å²) in [5.74, 6) is 0. The van der Waals surface area contributed by atoms with E-state index < -0.39 is 16.3 Å². The van der Waals surface area contributed by atoms with Gasteiger partial charge in [-0.25, -0.2) is 4.79 Å². The molecule has 104 valence electrons. The highest BCUT2D eigenvalue weighted by Crippen LogP contribution is 2.03. The average molecular weight is 269 g/mol. The lowest BCUT2D eigenvalue weighted by atomic mass is 10.1. The van der Waals surface area contributed by atoms with Gasteiger partial charge in [-0.2, -0.15) is 8.42 Å². The molecule has 0 aromatic carbocycles. The van der Waals surface area contributed by atoms with Crippen molar-refractivity contribution in [3.8, 4) is 0 Å². The Morgan fingerprint density at radius 3 is 1.71 bits per heavy atom. The SMILES string of the molecule is CCCCCCCC.NC(=O)NNS(=O)(=O)O. The van der Waals surface area contributed by atoms with Crippen LogP contribution >= 0.6 is 0 Å². The highest BCUT2D eigenvalue weighted by Gasteiger charge is 2.01. The number of primary amides is 1. The third kappa shape index (κ3) is 25.4. The zero-order valence-corrected chi connectivity index (χ0v) is 11.2. The summed E-state index contributed by atoms with van der Waals surface area (Å²) >= 11 is 0. The molecule has 0 spiro atoms. The summed E-state index contributed by atoms with van der Waals surface area (Å²) in [6, 6.07) is -1.10. The Balaban J connectivity index is 0. The van der Waals surface area contributed by atoms with Crippen molar-refractivity contribution in [2.24, 2.45) is 5.73 Å². The van der Waals surface area contributed by atoms with Crippen molar-refractivity contribution in [1.82, 2.24) is 10.3 Å². The van der Waals surface area contributed by atoms with Crippen molar-refractivity contribution in [1.29, 1.82) is 0 Å². The van der Waals surface area contributed by atoms with Crippen molar-refractivity contribution >= 4 is 16.3 Å². The second kappa shape index (κ2) is 11.6. The molecule has 0 atom stereocenters. The minimum atomic E-state index is -4.38. The molecule has 0 aromatic rings. The van der Waals surface area contributed by atoms with E-state index in [1.807, 2.05) is 0 Å².